The van der Waals surface area contributed by atoms with Crippen LogP contribution in [-0.4, -0.2) is 21.4 Å². The van der Waals surface area contributed by atoms with Crippen LogP contribution in [0.2, 0.25) is 0 Å². The average molecular weight is 333 g/mol. The molecule has 0 saturated carbocycles. The van der Waals surface area contributed by atoms with Gasteiger partial charge >= 0.3 is 6.61 Å². The molecule has 8 heteroatoms. The van der Waals surface area contributed by atoms with Gasteiger partial charge in [-0.2, -0.15) is 13.9 Å². The Morgan fingerprint density at radius 1 is 1.09 bits per heavy atom. The molecule has 128 valence electrons. The molecule has 0 spiro atoms. The molecule has 4 nitrogen and oxygen atoms in total. The smallest absolute Gasteiger partial charge is 0.388 e. The van der Waals surface area contributed by atoms with Crippen LogP contribution in [0.15, 0.2) is 6.07 Å². The highest BCUT2D eigenvalue weighted by Gasteiger charge is 2.22. The lowest BCUT2D eigenvalue weighted by Crippen LogP contribution is -2.06. The summed E-state index contributed by atoms with van der Waals surface area (Å²) in [6, 6.07) is 1.34. The SMILES string of the molecule is C.Cc1cc(C(F)F)c(C)nc1-c1nn(C)c(OC(F)F)c1C. The van der Waals surface area contributed by atoms with E-state index in [-0.39, 0.29) is 24.6 Å². The van der Waals surface area contributed by atoms with Crippen molar-refractivity contribution < 1.29 is 22.3 Å². The minimum absolute atomic E-state index is 0. The largest absolute Gasteiger partial charge is 0.417 e. The van der Waals surface area contributed by atoms with Gasteiger partial charge in [0.05, 0.1) is 5.69 Å². The van der Waals surface area contributed by atoms with Crippen LogP contribution in [0.3, 0.4) is 0 Å². The van der Waals surface area contributed by atoms with Crippen LogP contribution in [0, 0.1) is 20.8 Å². The van der Waals surface area contributed by atoms with Gasteiger partial charge in [-0.05, 0) is 32.4 Å². The maximum atomic E-state index is 12.9. The van der Waals surface area contributed by atoms with Crippen molar-refractivity contribution in [1.82, 2.24) is 14.8 Å². The van der Waals surface area contributed by atoms with Crippen LogP contribution in [0.25, 0.3) is 11.4 Å². The van der Waals surface area contributed by atoms with Gasteiger partial charge in [-0.3, -0.25) is 4.98 Å². The second-order valence-electron chi connectivity index (χ2n) is 4.91. The molecule has 0 amide bonds. The van der Waals surface area contributed by atoms with Gasteiger partial charge in [0.15, 0.2) is 0 Å². The van der Waals surface area contributed by atoms with Gasteiger partial charge < -0.3 is 4.74 Å². The Kier molecular flexibility index (Phi) is 5.74. The van der Waals surface area contributed by atoms with Gasteiger partial charge in [-0.15, -0.1) is 0 Å². The van der Waals surface area contributed by atoms with Gasteiger partial charge in [0.1, 0.15) is 5.69 Å². The first-order valence-corrected chi connectivity index (χ1v) is 6.47. The number of alkyl halides is 4. The summed E-state index contributed by atoms with van der Waals surface area (Å²) >= 11 is 0. The van der Waals surface area contributed by atoms with E-state index >= 15 is 0 Å². The van der Waals surface area contributed by atoms with Crippen LogP contribution in [0.5, 0.6) is 5.88 Å². The summed E-state index contributed by atoms with van der Waals surface area (Å²) in [6.45, 7) is 1.69. The number of aromatic nitrogens is 3. The van der Waals surface area contributed by atoms with E-state index in [2.05, 4.69) is 14.8 Å². The number of hydrogen-bond donors (Lipinski definition) is 0. The van der Waals surface area contributed by atoms with Crippen molar-refractivity contribution >= 4 is 0 Å². The highest BCUT2D eigenvalue weighted by Crippen LogP contribution is 2.33. The number of aryl methyl sites for hydroxylation is 3. The molecule has 2 rings (SSSR count). The lowest BCUT2D eigenvalue weighted by molar-refractivity contribution is -0.0557. The van der Waals surface area contributed by atoms with Crippen molar-refractivity contribution in [2.75, 3.05) is 0 Å². The molecular weight excluding hydrogens is 314 g/mol. The number of rotatable bonds is 4. The molecule has 0 N–H and O–H groups in total. The molecule has 0 atom stereocenters. The second-order valence-corrected chi connectivity index (χ2v) is 4.91. The minimum Gasteiger partial charge on any atom is -0.417 e. The van der Waals surface area contributed by atoms with Gasteiger partial charge in [0.2, 0.25) is 5.88 Å². The summed E-state index contributed by atoms with van der Waals surface area (Å²) in [4.78, 5) is 4.16. The predicted molar refractivity (Wildman–Crippen MR) is 79.0 cm³/mol. The lowest BCUT2D eigenvalue weighted by Gasteiger charge is -2.10. The fraction of sp³-hybridized carbons (Fsp3) is 0.467. The van der Waals surface area contributed by atoms with Crippen molar-refractivity contribution in [2.45, 2.75) is 41.2 Å². The lowest BCUT2D eigenvalue weighted by atomic mass is 10.1. The van der Waals surface area contributed by atoms with E-state index in [9.17, 15) is 17.6 Å². The van der Waals surface area contributed by atoms with E-state index in [0.29, 0.717) is 22.5 Å². The third-order valence-corrected chi connectivity index (χ3v) is 3.32. The number of hydrogen-bond acceptors (Lipinski definition) is 3. The van der Waals surface area contributed by atoms with E-state index in [1.54, 1.807) is 13.8 Å². The van der Waals surface area contributed by atoms with Gasteiger partial charge in [-0.1, -0.05) is 7.43 Å². The third-order valence-electron chi connectivity index (χ3n) is 3.32. The summed E-state index contributed by atoms with van der Waals surface area (Å²) in [5.41, 5.74) is 1.60. The fourth-order valence-electron chi connectivity index (χ4n) is 2.28. The maximum absolute atomic E-state index is 12.9. The van der Waals surface area contributed by atoms with E-state index in [1.807, 2.05) is 0 Å². The molecule has 0 bridgehead atoms. The molecule has 2 heterocycles. The predicted octanol–water partition coefficient (Wildman–Crippen LogP) is 4.58. The molecule has 0 aliphatic heterocycles. The standard InChI is InChI=1S/C14H15F4N3O.CH4/c1-6-5-9(12(15)16)8(3)19-10(6)11-7(2)13(21(4)20-11)22-14(17)18;/h5,12,14H,1-4H3;1H4. The molecule has 0 unspecified atom stereocenters. The van der Waals surface area contributed by atoms with E-state index in [0.717, 1.165) is 0 Å². The van der Waals surface area contributed by atoms with Crippen LogP contribution < -0.4 is 4.74 Å². The van der Waals surface area contributed by atoms with Crippen LogP contribution in [0.1, 0.15) is 36.2 Å². The van der Waals surface area contributed by atoms with Crippen LogP contribution in [0.4, 0.5) is 17.6 Å². The molecule has 0 radical (unpaired) electrons. The third kappa shape index (κ3) is 3.62. The minimum atomic E-state index is -2.97. The highest BCUT2D eigenvalue weighted by molar-refractivity contribution is 5.65. The van der Waals surface area contributed by atoms with E-state index < -0.39 is 13.0 Å². The molecule has 0 aromatic carbocycles. The Morgan fingerprint density at radius 2 is 1.70 bits per heavy atom. The van der Waals surface area contributed by atoms with Crippen molar-refractivity contribution in [3.8, 4) is 17.3 Å². The number of ether oxygens (including phenoxy) is 1. The highest BCUT2D eigenvalue weighted by atomic mass is 19.3. The summed E-state index contributed by atoms with van der Waals surface area (Å²) in [5, 5.41) is 4.12. The zero-order valence-corrected chi connectivity index (χ0v) is 12.5. The fourth-order valence-corrected chi connectivity index (χ4v) is 2.28. The van der Waals surface area contributed by atoms with E-state index in [4.69, 9.17) is 0 Å². The monoisotopic (exact) mass is 333 g/mol. The zero-order valence-electron chi connectivity index (χ0n) is 12.5. The Hall–Kier alpha value is -2.12. The molecule has 23 heavy (non-hydrogen) atoms. The molecule has 2 aromatic rings. The molecule has 0 aliphatic carbocycles. The molecular formula is C15H19F4N3O. The topological polar surface area (TPSA) is 39.9 Å². The van der Waals surface area contributed by atoms with Gasteiger partial charge in [-0.25, -0.2) is 13.5 Å². The summed E-state index contributed by atoms with van der Waals surface area (Å²) < 4.78 is 56.2. The van der Waals surface area contributed by atoms with E-state index in [1.165, 1.54) is 24.7 Å². The summed E-state index contributed by atoms with van der Waals surface area (Å²) in [5.74, 6) is -0.0817. The van der Waals surface area contributed by atoms with Gasteiger partial charge in [0, 0.05) is 23.9 Å². The van der Waals surface area contributed by atoms with Crippen LogP contribution in [-0.2, 0) is 7.05 Å². The Bertz CT molecular complexity index is 699. The zero-order chi connectivity index (χ0) is 16.6. The molecule has 2 aromatic heterocycles. The Labute approximate surface area is 132 Å². The number of nitrogens with zero attached hydrogens (tertiary/aromatic N) is 3. The first-order valence-electron chi connectivity index (χ1n) is 6.47. The Morgan fingerprint density at radius 3 is 2.22 bits per heavy atom. The molecule has 0 aliphatic rings. The Balaban J connectivity index is 0.00000264. The number of pyridine rings is 1. The molecule has 0 fully saturated rings. The quantitative estimate of drug-likeness (QED) is 0.769. The molecule has 0 saturated heterocycles. The summed E-state index contributed by atoms with van der Waals surface area (Å²) in [7, 11) is 1.46. The first kappa shape index (κ1) is 18.9. The maximum Gasteiger partial charge on any atom is 0.388 e. The van der Waals surface area contributed by atoms with Crippen molar-refractivity contribution in [1.29, 1.82) is 0 Å². The van der Waals surface area contributed by atoms with Gasteiger partial charge in [0.25, 0.3) is 6.43 Å². The normalized spacial score (nSPS) is 11.0. The second kappa shape index (κ2) is 6.97. The van der Waals surface area contributed by atoms with Crippen LogP contribution >= 0.6 is 0 Å². The average Bonchev–Trinajstić information content (AvgIpc) is 2.68. The van der Waals surface area contributed by atoms with Crippen molar-refractivity contribution in [3.63, 3.8) is 0 Å². The number of halogens is 4. The first-order chi connectivity index (χ1) is 10.2. The summed E-state index contributed by atoms with van der Waals surface area (Å²) in [6.07, 6.45) is -2.62. The van der Waals surface area contributed by atoms with Crippen molar-refractivity contribution in [3.05, 3.63) is 28.5 Å². The van der Waals surface area contributed by atoms with Crippen molar-refractivity contribution in [2.24, 2.45) is 7.05 Å².